The fourth-order valence-electron chi connectivity index (χ4n) is 0.204. The van der Waals surface area contributed by atoms with Gasteiger partial charge in [0, 0.05) is 0 Å². The summed E-state index contributed by atoms with van der Waals surface area (Å²) in [6.45, 7) is 12.4. The predicted octanol–water partition coefficient (Wildman–Crippen LogP) is 3.33. The van der Waals surface area contributed by atoms with Crippen LogP contribution in [0.2, 0.25) is 0 Å². The van der Waals surface area contributed by atoms with Crippen molar-refractivity contribution in [3.05, 3.63) is 38.0 Å². The van der Waals surface area contributed by atoms with Gasteiger partial charge in [0.15, 0.2) is 0 Å². The summed E-state index contributed by atoms with van der Waals surface area (Å²) in [6.07, 6.45) is 7.59. The second-order valence-electron chi connectivity index (χ2n) is 1.55. The van der Waals surface area contributed by atoms with Gasteiger partial charge >= 0.3 is 0 Å². The zero-order chi connectivity index (χ0) is 7.54. The molecule has 0 aliphatic rings. The SMILES string of the molecule is C=CC=C.C=CCCC. The number of allylic oxidation sites excluding steroid dienone is 3. The maximum Gasteiger partial charge on any atom is -0.0356 e. The van der Waals surface area contributed by atoms with E-state index in [9.17, 15) is 0 Å². The van der Waals surface area contributed by atoms with Crippen LogP contribution in [-0.2, 0) is 0 Å². The van der Waals surface area contributed by atoms with Crippen molar-refractivity contribution >= 4 is 0 Å². The van der Waals surface area contributed by atoms with E-state index in [1.807, 2.05) is 6.08 Å². The number of unbranched alkanes of at least 4 members (excludes halogenated alkanes) is 1. The minimum atomic E-state index is 1.15. The molecule has 0 spiro atoms. The Bertz CT molecular complexity index is 64.1. The van der Waals surface area contributed by atoms with Crippen LogP contribution in [0.25, 0.3) is 0 Å². The maximum atomic E-state index is 3.55. The summed E-state index contributed by atoms with van der Waals surface area (Å²) in [6, 6.07) is 0. The van der Waals surface area contributed by atoms with Crippen molar-refractivity contribution in [2.45, 2.75) is 19.8 Å². The van der Waals surface area contributed by atoms with Crippen LogP contribution in [0.4, 0.5) is 0 Å². The summed E-state index contributed by atoms with van der Waals surface area (Å²) >= 11 is 0. The van der Waals surface area contributed by atoms with E-state index in [0.717, 1.165) is 6.42 Å². The molecule has 0 unspecified atom stereocenters. The van der Waals surface area contributed by atoms with Crippen LogP contribution in [0.5, 0.6) is 0 Å². The van der Waals surface area contributed by atoms with Gasteiger partial charge in [-0.1, -0.05) is 44.7 Å². The third-order valence-corrected chi connectivity index (χ3v) is 0.659. The van der Waals surface area contributed by atoms with Crippen molar-refractivity contribution in [3.63, 3.8) is 0 Å². The van der Waals surface area contributed by atoms with Gasteiger partial charge in [0.2, 0.25) is 0 Å². The van der Waals surface area contributed by atoms with Gasteiger partial charge in [0.25, 0.3) is 0 Å². The largest absolute Gasteiger partial charge is 0.103 e. The average molecular weight is 124 g/mol. The monoisotopic (exact) mass is 124 g/mol. The van der Waals surface area contributed by atoms with Gasteiger partial charge in [-0.25, -0.2) is 0 Å². The van der Waals surface area contributed by atoms with E-state index >= 15 is 0 Å². The standard InChI is InChI=1S/C5H10.C4H6/c1-3-5-4-2;1-3-4-2/h3H,1,4-5H2,2H3;3-4H,1-2H2. The lowest BCUT2D eigenvalue weighted by Gasteiger charge is -1.72. The first-order valence-corrected chi connectivity index (χ1v) is 3.17. The van der Waals surface area contributed by atoms with E-state index in [-0.39, 0.29) is 0 Å². The molecule has 0 rings (SSSR count). The Balaban J connectivity index is 0. The van der Waals surface area contributed by atoms with Crippen LogP contribution in [0.3, 0.4) is 0 Å². The first-order chi connectivity index (χ1) is 4.33. The van der Waals surface area contributed by atoms with Crippen LogP contribution in [0, 0.1) is 0 Å². The Kier molecular flexibility index (Phi) is 19.3. The first-order valence-electron chi connectivity index (χ1n) is 3.17. The molecule has 0 radical (unpaired) electrons. The van der Waals surface area contributed by atoms with Crippen molar-refractivity contribution in [1.29, 1.82) is 0 Å². The van der Waals surface area contributed by atoms with Crippen molar-refractivity contribution in [2.24, 2.45) is 0 Å². The Morgan fingerprint density at radius 3 is 1.56 bits per heavy atom. The molecule has 52 valence electrons. The minimum Gasteiger partial charge on any atom is -0.103 e. The highest BCUT2D eigenvalue weighted by Gasteiger charge is 1.61. The summed E-state index contributed by atoms with van der Waals surface area (Å²) in [5.74, 6) is 0. The molecule has 0 bridgehead atoms. The van der Waals surface area contributed by atoms with Crippen molar-refractivity contribution in [2.75, 3.05) is 0 Å². The minimum absolute atomic E-state index is 1.15. The lowest BCUT2D eigenvalue weighted by Crippen LogP contribution is -1.52. The normalized spacial score (nSPS) is 6.33. The second-order valence-corrected chi connectivity index (χ2v) is 1.55. The molecule has 0 aliphatic heterocycles. The van der Waals surface area contributed by atoms with Crippen molar-refractivity contribution in [1.82, 2.24) is 0 Å². The summed E-state index contributed by atoms with van der Waals surface area (Å²) < 4.78 is 0. The molecule has 0 aromatic carbocycles. The van der Waals surface area contributed by atoms with Crippen LogP contribution in [0.1, 0.15) is 19.8 Å². The highest BCUT2D eigenvalue weighted by molar-refractivity contribution is 4.88. The number of hydrogen-bond donors (Lipinski definition) is 0. The topological polar surface area (TPSA) is 0 Å². The predicted molar refractivity (Wildman–Crippen MR) is 45.5 cm³/mol. The lowest BCUT2D eigenvalue weighted by molar-refractivity contribution is 0.961. The summed E-state index contributed by atoms with van der Waals surface area (Å²) in [4.78, 5) is 0. The highest BCUT2D eigenvalue weighted by Crippen LogP contribution is 1.82. The van der Waals surface area contributed by atoms with Crippen molar-refractivity contribution < 1.29 is 0 Å². The summed E-state index contributed by atoms with van der Waals surface area (Å²) in [5.41, 5.74) is 0. The molecule has 0 heterocycles. The second kappa shape index (κ2) is 15.7. The highest BCUT2D eigenvalue weighted by atomic mass is 13.7. The fourth-order valence-corrected chi connectivity index (χ4v) is 0.204. The Morgan fingerprint density at radius 1 is 1.11 bits per heavy atom. The van der Waals surface area contributed by atoms with Crippen LogP contribution >= 0.6 is 0 Å². The zero-order valence-corrected chi connectivity index (χ0v) is 6.27. The van der Waals surface area contributed by atoms with E-state index in [4.69, 9.17) is 0 Å². The Hall–Kier alpha value is -0.780. The van der Waals surface area contributed by atoms with Gasteiger partial charge in [0.1, 0.15) is 0 Å². The number of rotatable bonds is 3. The molecule has 0 saturated heterocycles. The quantitative estimate of drug-likeness (QED) is 0.400. The van der Waals surface area contributed by atoms with Crippen molar-refractivity contribution in [3.8, 4) is 0 Å². The fraction of sp³-hybridized carbons (Fsp3) is 0.333. The van der Waals surface area contributed by atoms with E-state index in [1.165, 1.54) is 6.42 Å². The number of hydrogen-bond acceptors (Lipinski definition) is 0. The molecular weight excluding hydrogens is 108 g/mol. The smallest absolute Gasteiger partial charge is 0.0356 e. The molecule has 0 aromatic heterocycles. The molecule has 0 heteroatoms. The van der Waals surface area contributed by atoms with Crippen LogP contribution < -0.4 is 0 Å². The Morgan fingerprint density at radius 2 is 1.56 bits per heavy atom. The van der Waals surface area contributed by atoms with Gasteiger partial charge in [-0.15, -0.1) is 6.58 Å². The summed E-state index contributed by atoms with van der Waals surface area (Å²) in [5, 5.41) is 0. The molecule has 0 atom stereocenters. The van der Waals surface area contributed by atoms with Gasteiger partial charge in [-0.3, -0.25) is 0 Å². The molecule has 0 fully saturated rings. The molecule has 0 amide bonds. The first kappa shape index (κ1) is 11.1. The zero-order valence-electron chi connectivity index (χ0n) is 6.27. The third kappa shape index (κ3) is 39.9. The average Bonchev–Trinajstić information content (AvgIpc) is 1.91. The Labute approximate surface area is 58.6 Å². The van der Waals surface area contributed by atoms with E-state index in [2.05, 4.69) is 26.7 Å². The molecule has 9 heavy (non-hydrogen) atoms. The van der Waals surface area contributed by atoms with E-state index in [0.29, 0.717) is 0 Å². The molecule has 0 saturated carbocycles. The van der Waals surface area contributed by atoms with Gasteiger partial charge in [0.05, 0.1) is 0 Å². The maximum absolute atomic E-state index is 3.55. The van der Waals surface area contributed by atoms with E-state index < -0.39 is 0 Å². The van der Waals surface area contributed by atoms with Crippen LogP contribution in [-0.4, -0.2) is 0 Å². The van der Waals surface area contributed by atoms with Gasteiger partial charge < -0.3 is 0 Å². The molecule has 0 aliphatic carbocycles. The summed E-state index contributed by atoms with van der Waals surface area (Å²) in [7, 11) is 0. The van der Waals surface area contributed by atoms with Gasteiger partial charge in [-0.05, 0) is 6.42 Å². The van der Waals surface area contributed by atoms with E-state index in [1.54, 1.807) is 12.2 Å². The molecule has 0 nitrogen and oxygen atoms in total. The lowest BCUT2D eigenvalue weighted by atomic mass is 10.3. The molecule has 0 N–H and O–H groups in total. The third-order valence-electron chi connectivity index (χ3n) is 0.659. The molecular formula is C9H16. The molecule has 0 aromatic rings. The van der Waals surface area contributed by atoms with Gasteiger partial charge in [-0.2, -0.15) is 0 Å². The van der Waals surface area contributed by atoms with Crippen LogP contribution in [0.15, 0.2) is 38.0 Å².